The molecule has 0 saturated carbocycles. The molecule has 0 atom stereocenters. The first-order chi connectivity index (χ1) is 8.09. The van der Waals surface area contributed by atoms with Crippen molar-refractivity contribution in [2.75, 3.05) is 6.61 Å². The van der Waals surface area contributed by atoms with Crippen LogP contribution in [0, 0.1) is 5.82 Å². The molecule has 0 amide bonds. The Kier molecular flexibility index (Phi) is 7.39. The zero-order chi connectivity index (χ0) is 14.0. The van der Waals surface area contributed by atoms with Crippen molar-refractivity contribution in [1.82, 2.24) is 0 Å². The Hall–Kier alpha value is 0.231. The van der Waals surface area contributed by atoms with E-state index in [0.717, 1.165) is 0 Å². The van der Waals surface area contributed by atoms with Crippen LogP contribution in [0.5, 0.6) is 5.75 Å². The van der Waals surface area contributed by atoms with Gasteiger partial charge in [0.1, 0.15) is 5.82 Å². The maximum absolute atomic E-state index is 12.7. The predicted molar refractivity (Wildman–Crippen MR) is 51.3 cm³/mol. The van der Waals surface area contributed by atoms with E-state index in [2.05, 4.69) is 4.74 Å². The molecule has 0 aromatic heterocycles. The van der Waals surface area contributed by atoms with Gasteiger partial charge in [-0.05, 0) is 18.2 Å². The van der Waals surface area contributed by atoms with E-state index in [9.17, 15) is 30.5 Å². The fraction of sp³-hybridized carbons (Fsp3) is 0.333. The summed E-state index contributed by atoms with van der Waals surface area (Å²) in [5, 5.41) is 0. The van der Waals surface area contributed by atoms with Crippen LogP contribution in [0.2, 0.25) is 0 Å². The summed E-state index contributed by atoms with van der Waals surface area (Å²) in [6, 6.07) is 1.55. The SMILES string of the molecule is Fc1ccc(OCCC(F)(F)F)c([B-](F)(F)F)c1.[K+]. The number of hydrogen-bond acceptors (Lipinski definition) is 1. The van der Waals surface area contributed by atoms with E-state index in [4.69, 9.17) is 0 Å². The summed E-state index contributed by atoms with van der Waals surface area (Å²) in [5.41, 5.74) is -1.38. The van der Waals surface area contributed by atoms with E-state index in [1.807, 2.05) is 0 Å². The van der Waals surface area contributed by atoms with Crippen molar-refractivity contribution >= 4 is 12.4 Å². The molecule has 0 bridgehead atoms. The number of rotatable bonds is 4. The summed E-state index contributed by atoms with van der Waals surface area (Å²) in [4.78, 5) is 0. The molecule has 1 aromatic carbocycles. The third-order valence-electron chi connectivity index (χ3n) is 1.97. The van der Waals surface area contributed by atoms with Gasteiger partial charge in [-0.1, -0.05) is 5.46 Å². The van der Waals surface area contributed by atoms with Crippen molar-refractivity contribution < 1.29 is 86.6 Å². The Bertz CT molecular complexity index is 418. The third-order valence-corrected chi connectivity index (χ3v) is 1.97. The topological polar surface area (TPSA) is 9.23 Å². The largest absolute Gasteiger partial charge is 1.00 e. The molecule has 0 aliphatic rings. The fourth-order valence-electron chi connectivity index (χ4n) is 1.18. The summed E-state index contributed by atoms with van der Waals surface area (Å²) < 4.78 is 89.9. The minimum Gasteiger partial charge on any atom is -0.496 e. The van der Waals surface area contributed by atoms with E-state index in [1.54, 1.807) is 0 Å². The van der Waals surface area contributed by atoms with Gasteiger partial charge >= 0.3 is 64.5 Å². The van der Waals surface area contributed by atoms with E-state index >= 15 is 0 Å². The number of halogens is 7. The van der Waals surface area contributed by atoms with Crippen LogP contribution in [-0.4, -0.2) is 19.8 Å². The molecule has 10 heteroatoms. The van der Waals surface area contributed by atoms with Gasteiger partial charge in [-0.15, -0.1) is 0 Å². The maximum Gasteiger partial charge on any atom is 1.00 e. The van der Waals surface area contributed by atoms with Crippen molar-refractivity contribution in [2.24, 2.45) is 0 Å². The molecule has 0 radical (unpaired) electrons. The van der Waals surface area contributed by atoms with Crippen LogP contribution < -0.4 is 61.6 Å². The molecule has 1 rings (SSSR count). The molecule has 1 aromatic rings. The molecule has 19 heavy (non-hydrogen) atoms. The van der Waals surface area contributed by atoms with E-state index in [0.29, 0.717) is 12.1 Å². The summed E-state index contributed by atoms with van der Waals surface area (Å²) in [6.07, 6.45) is -5.90. The first-order valence-electron chi connectivity index (χ1n) is 4.78. The van der Waals surface area contributed by atoms with Crippen molar-refractivity contribution in [3.8, 4) is 5.75 Å². The third kappa shape index (κ3) is 6.98. The summed E-state index contributed by atoms with van der Waals surface area (Å²) in [5.74, 6) is -1.93. The van der Waals surface area contributed by atoms with Crippen LogP contribution in [0.3, 0.4) is 0 Å². The number of ether oxygens (including phenoxy) is 1. The summed E-state index contributed by atoms with van der Waals surface area (Å²) in [7, 11) is 0. The van der Waals surface area contributed by atoms with Crippen molar-refractivity contribution in [1.29, 1.82) is 0 Å². The van der Waals surface area contributed by atoms with Gasteiger partial charge in [0.15, 0.2) is 0 Å². The van der Waals surface area contributed by atoms with Crippen LogP contribution in [0.25, 0.3) is 0 Å². The first kappa shape index (κ1) is 19.2. The molecule has 0 N–H and O–H groups in total. The Morgan fingerprint density at radius 2 is 1.68 bits per heavy atom. The Labute approximate surface area is 147 Å². The van der Waals surface area contributed by atoms with Gasteiger partial charge in [-0.2, -0.15) is 13.2 Å². The van der Waals surface area contributed by atoms with Gasteiger partial charge in [0.2, 0.25) is 0 Å². The molecular formula is C9H7BF7KO. The zero-order valence-electron chi connectivity index (χ0n) is 9.78. The normalized spacial score (nSPS) is 11.9. The molecule has 0 saturated heterocycles. The molecule has 0 spiro atoms. The van der Waals surface area contributed by atoms with E-state index < -0.39 is 43.2 Å². The van der Waals surface area contributed by atoms with Crippen LogP contribution in [0.1, 0.15) is 6.42 Å². The van der Waals surface area contributed by atoms with Gasteiger partial charge < -0.3 is 17.7 Å². The molecule has 0 fully saturated rings. The summed E-state index contributed by atoms with van der Waals surface area (Å²) in [6.45, 7) is -6.50. The Morgan fingerprint density at radius 1 is 1.11 bits per heavy atom. The quantitative estimate of drug-likeness (QED) is 0.571. The monoisotopic (exact) mass is 314 g/mol. The van der Waals surface area contributed by atoms with E-state index in [-0.39, 0.29) is 57.5 Å². The van der Waals surface area contributed by atoms with Gasteiger partial charge in [-0.25, -0.2) is 4.39 Å². The van der Waals surface area contributed by atoms with Crippen molar-refractivity contribution in [3.05, 3.63) is 24.0 Å². The minimum absolute atomic E-state index is 0. The number of alkyl halides is 3. The molecule has 0 aliphatic carbocycles. The molecular weight excluding hydrogens is 307 g/mol. The second-order valence-electron chi connectivity index (χ2n) is 3.47. The predicted octanol–water partition coefficient (Wildman–Crippen LogP) is 0.215. The Morgan fingerprint density at radius 3 is 2.16 bits per heavy atom. The zero-order valence-corrected chi connectivity index (χ0v) is 12.9. The standard InChI is InChI=1S/C9H7BF7O.K/c11-6-1-2-8(7(5-6)10(15,16)17)18-4-3-9(12,13)14;/h1-2,5H,3-4H2;/q-1;+1. The molecule has 0 aliphatic heterocycles. The van der Waals surface area contributed by atoms with Crippen LogP contribution in [0.15, 0.2) is 18.2 Å². The molecule has 0 unspecified atom stereocenters. The number of hydrogen-bond donors (Lipinski definition) is 0. The Balaban J connectivity index is 0.00000324. The molecule has 1 nitrogen and oxygen atoms in total. The average Bonchev–Trinajstić information content (AvgIpc) is 2.17. The second-order valence-corrected chi connectivity index (χ2v) is 3.47. The van der Waals surface area contributed by atoms with Crippen LogP contribution in [0.4, 0.5) is 30.5 Å². The molecule has 0 heterocycles. The van der Waals surface area contributed by atoms with E-state index in [1.165, 1.54) is 0 Å². The maximum atomic E-state index is 12.7. The average molecular weight is 314 g/mol. The van der Waals surface area contributed by atoms with Crippen LogP contribution >= 0.6 is 0 Å². The second kappa shape index (κ2) is 7.30. The van der Waals surface area contributed by atoms with Gasteiger partial charge in [0, 0.05) is 0 Å². The summed E-state index contributed by atoms with van der Waals surface area (Å²) >= 11 is 0. The first-order valence-corrected chi connectivity index (χ1v) is 4.78. The number of benzene rings is 1. The van der Waals surface area contributed by atoms with Gasteiger partial charge in [0.25, 0.3) is 0 Å². The molecule has 102 valence electrons. The fourth-order valence-corrected chi connectivity index (χ4v) is 1.18. The van der Waals surface area contributed by atoms with Crippen molar-refractivity contribution in [3.63, 3.8) is 0 Å². The van der Waals surface area contributed by atoms with Gasteiger partial charge in [0.05, 0.1) is 18.8 Å². The minimum atomic E-state index is -5.55. The van der Waals surface area contributed by atoms with Crippen LogP contribution in [-0.2, 0) is 0 Å². The smallest absolute Gasteiger partial charge is 0.496 e. The van der Waals surface area contributed by atoms with Gasteiger partial charge in [-0.3, -0.25) is 0 Å². The van der Waals surface area contributed by atoms with Crippen molar-refractivity contribution in [2.45, 2.75) is 12.6 Å².